The molecule has 2 heterocycles. The monoisotopic (exact) mass is 322 g/mol. The molecule has 122 valence electrons. The molecule has 1 aromatic rings. The molecular formula is C17H26N2O2S. The van der Waals surface area contributed by atoms with Crippen molar-refractivity contribution >= 4 is 23.2 Å². The van der Waals surface area contributed by atoms with Gasteiger partial charge in [-0.25, -0.2) is 0 Å². The van der Waals surface area contributed by atoms with E-state index in [0.717, 1.165) is 19.3 Å². The van der Waals surface area contributed by atoms with Crippen molar-refractivity contribution in [1.29, 1.82) is 0 Å². The average molecular weight is 322 g/mol. The molecule has 0 spiro atoms. The summed E-state index contributed by atoms with van der Waals surface area (Å²) in [6.45, 7) is 8.74. The second-order valence-electron chi connectivity index (χ2n) is 6.05. The minimum Gasteiger partial charge on any atom is -0.348 e. The van der Waals surface area contributed by atoms with Crippen LogP contribution in [-0.2, 0) is 9.59 Å². The van der Waals surface area contributed by atoms with Gasteiger partial charge in [0.25, 0.3) is 0 Å². The van der Waals surface area contributed by atoms with Crippen LogP contribution in [0.3, 0.4) is 0 Å². The number of amides is 2. The Morgan fingerprint density at radius 1 is 1.41 bits per heavy atom. The van der Waals surface area contributed by atoms with E-state index in [9.17, 15) is 9.59 Å². The van der Waals surface area contributed by atoms with Crippen LogP contribution < -0.4 is 5.32 Å². The standard InChI is InChI=1S/C17H26N2O2S/c1-5-16(20)19-9-7-6-8-15(19)17(21)18-12(3)14-10-11(2)22-13(14)4/h10,12,15H,5-9H2,1-4H3,(H,18,21). The Labute approximate surface area is 136 Å². The topological polar surface area (TPSA) is 49.4 Å². The molecule has 1 saturated heterocycles. The highest BCUT2D eigenvalue weighted by Gasteiger charge is 2.32. The summed E-state index contributed by atoms with van der Waals surface area (Å²) >= 11 is 1.75. The number of hydrogen-bond acceptors (Lipinski definition) is 3. The third kappa shape index (κ3) is 3.69. The van der Waals surface area contributed by atoms with Crippen LogP contribution in [0.15, 0.2) is 6.07 Å². The maximum atomic E-state index is 12.6. The van der Waals surface area contributed by atoms with Crippen molar-refractivity contribution < 1.29 is 9.59 Å². The molecule has 2 unspecified atom stereocenters. The number of nitrogens with one attached hydrogen (secondary N) is 1. The van der Waals surface area contributed by atoms with Crippen molar-refractivity contribution in [2.24, 2.45) is 0 Å². The zero-order valence-electron chi connectivity index (χ0n) is 13.9. The number of likely N-dealkylation sites (tertiary alicyclic amines) is 1. The fraction of sp³-hybridized carbons (Fsp3) is 0.647. The van der Waals surface area contributed by atoms with E-state index >= 15 is 0 Å². The second kappa shape index (κ2) is 7.27. The minimum absolute atomic E-state index is 0.0158. The lowest BCUT2D eigenvalue weighted by Gasteiger charge is -2.35. The first kappa shape index (κ1) is 17.0. The van der Waals surface area contributed by atoms with Gasteiger partial charge in [0.05, 0.1) is 6.04 Å². The van der Waals surface area contributed by atoms with Crippen LogP contribution in [0.25, 0.3) is 0 Å². The molecule has 4 nitrogen and oxygen atoms in total. The minimum atomic E-state index is -0.302. The first-order chi connectivity index (χ1) is 10.4. The largest absolute Gasteiger partial charge is 0.348 e. The van der Waals surface area contributed by atoms with Crippen molar-refractivity contribution in [1.82, 2.24) is 10.2 Å². The van der Waals surface area contributed by atoms with Crippen LogP contribution in [0.4, 0.5) is 0 Å². The van der Waals surface area contributed by atoms with E-state index in [1.54, 1.807) is 16.2 Å². The van der Waals surface area contributed by atoms with Crippen LogP contribution >= 0.6 is 11.3 Å². The number of carbonyl (C=O) groups is 2. The fourth-order valence-corrected chi connectivity index (χ4v) is 4.20. The molecule has 2 rings (SSSR count). The highest BCUT2D eigenvalue weighted by Crippen LogP contribution is 2.27. The maximum Gasteiger partial charge on any atom is 0.243 e. The number of carbonyl (C=O) groups excluding carboxylic acids is 2. The summed E-state index contributed by atoms with van der Waals surface area (Å²) in [4.78, 5) is 28.9. The van der Waals surface area contributed by atoms with Gasteiger partial charge in [-0.1, -0.05) is 6.92 Å². The molecule has 0 aromatic carbocycles. The molecule has 5 heteroatoms. The molecule has 2 atom stereocenters. The van der Waals surface area contributed by atoms with Crippen LogP contribution in [-0.4, -0.2) is 29.3 Å². The van der Waals surface area contributed by atoms with E-state index in [4.69, 9.17) is 0 Å². The molecule has 1 N–H and O–H groups in total. The zero-order valence-corrected chi connectivity index (χ0v) is 14.8. The molecule has 1 fully saturated rings. The molecule has 0 aliphatic carbocycles. The van der Waals surface area contributed by atoms with Crippen LogP contribution in [0.5, 0.6) is 0 Å². The van der Waals surface area contributed by atoms with Crippen LogP contribution in [0, 0.1) is 13.8 Å². The molecule has 0 radical (unpaired) electrons. The highest BCUT2D eigenvalue weighted by molar-refractivity contribution is 7.12. The van der Waals surface area contributed by atoms with E-state index in [1.165, 1.54) is 15.3 Å². The summed E-state index contributed by atoms with van der Waals surface area (Å²) in [5.74, 6) is 0.0623. The van der Waals surface area contributed by atoms with Gasteiger partial charge in [0.2, 0.25) is 11.8 Å². The number of piperidine rings is 1. The highest BCUT2D eigenvalue weighted by atomic mass is 32.1. The Bertz CT molecular complexity index is 553. The maximum absolute atomic E-state index is 12.6. The number of thiophene rings is 1. The van der Waals surface area contributed by atoms with Crippen LogP contribution in [0.2, 0.25) is 0 Å². The first-order valence-corrected chi connectivity index (χ1v) is 8.92. The van der Waals surface area contributed by atoms with E-state index in [1.807, 2.05) is 13.8 Å². The van der Waals surface area contributed by atoms with Gasteiger partial charge >= 0.3 is 0 Å². The lowest BCUT2D eigenvalue weighted by Crippen LogP contribution is -2.52. The van der Waals surface area contributed by atoms with Gasteiger partial charge in [-0.2, -0.15) is 0 Å². The molecule has 1 aromatic heterocycles. The Kier molecular flexibility index (Phi) is 5.62. The second-order valence-corrected chi connectivity index (χ2v) is 7.51. The molecule has 22 heavy (non-hydrogen) atoms. The van der Waals surface area contributed by atoms with Gasteiger partial charge in [0.15, 0.2) is 0 Å². The fourth-order valence-electron chi connectivity index (χ4n) is 3.17. The summed E-state index contributed by atoms with van der Waals surface area (Å²) in [6, 6.07) is 1.82. The Hall–Kier alpha value is -1.36. The quantitative estimate of drug-likeness (QED) is 0.924. The van der Waals surface area contributed by atoms with Crippen molar-refractivity contribution in [2.75, 3.05) is 6.54 Å². The summed E-state index contributed by atoms with van der Waals surface area (Å²) in [6.07, 6.45) is 3.23. The molecule has 1 aliphatic rings. The summed E-state index contributed by atoms with van der Waals surface area (Å²) in [7, 11) is 0. The SMILES string of the molecule is CCC(=O)N1CCCCC1C(=O)NC(C)c1cc(C)sc1C. The third-order valence-electron chi connectivity index (χ3n) is 4.33. The van der Waals surface area contributed by atoms with Gasteiger partial charge < -0.3 is 10.2 Å². The molecule has 0 saturated carbocycles. The summed E-state index contributed by atoms with van der Waals surface area (Å²) in [5.41, 5.74) is 1.18. The summed E-state index contributed by atoms with van der Waals surface area (Å²) < 4.78 is 0. The number of rotatable bonds is 4. The predicted octanol–water partition coefficient (Wildman–Crippen LogP) is 3.33. The molecular weight excluding hydrogens is 296 g/mol. The van der Waals surface area contributed by atoms with Crippen molar-refractivity contribution in [3.8, 4) is 0 Å². The van der Waals surface area contributed by atoms with Gasteiger partial charge in [-0.05, 0) is 51.7 Å². The molecule has 2 amide bonds. The van der Waals surface area contributed by atoms with Crippen molar-refractivity contribution in [3.63, 3.8) is 0 Å². The number of aryl methyl sites for hydroxylation is 2. The van der Waals surface area contributed by atoms with Gasteiger partial charge in [0, 0.05) is 22.7 Å². The van der Waals surface area contributed by atoms with Crippen LogP contribution in [0.1, 0.15) is 60.9 Å². The zero-order chi connectivity index (χ0) is 16.3. The number of hydrogen-bond donors (Lipinski definition) is 1. The van der Waals surface area contributed by atoms with E-state index < -0.39 is 0 Å². The normalized spacial score (nSPS) is 19.8. The van der Waals surface area contributed by atoms with E-state index in [0.29, 0.717) is 13.0 Å². The lowest BCUT2D eigenvalue weighted by molar-refractivity contribution is -0.142. The van der Waals surface area contributed by atoms with Gasteiger partial charge in [-0.3, -0.25) is 9.59 Å². The van der Waals surface area contributed by atoms with E-state index in [-0.39, 0.29) is 23.9 Å². The van der Waals surface area contributed by atoms with Gasteiger partial charge in [-0.15, -0.1) is 11.3 Å². The third-order valence-corrected chi connectivity index (χ3v) is 5.31. The number of nitrogens with zero attached hydrogens (tertiary/aromatic N) is 1. The van der Waals surface area contributed by atoms with Gasteiger partial charge in [0.1, 0.15) is 6.04 Å². The molecule has 1 aliphatic heterocycles. The van der Waals surface area contributed by atoms with E-state index in [2.05, 4.69) is 25.2 Å². The Morgan fingerprint density at radius 2 is 2.14 bits per heavy atom. The van der Waals surface area contributed by atoms with Crippen molar-refractivity contribution in [3.05, 3.63) is 21.4 Å². The lowest BCUT2D eigenvalue weighted by atomic mass is 10.00. The molecule has 0 bridgehead atoms. The summed E-state index contributed by atoms with van der Waals surface area (Å²) in [5, 5.41) is 3.10. The average Bonchev–Trinajstić information content (AvgIpc) is 2.85. The smallest absolute Gasteiger partial charge is 0.243 e. The predicted molar refractivity (Wildman–Crippen MR) is 90.0 cm³/mol. The Balaban J connectivity index is 2.06. The first-order valence-electron chi connectivity index (χ1n) is 8.10. The van der Waals surface area contributed by atoms with Crippen molar-refractivity contribution in [2.45, 2.75) is 65.5 Å². The Morgan fingerprint density at radius 3 is 2.73 bits per heavy atom.